The Hall–Kier alpha value is -0.610. The Morgan fingerprint density at radius 1 is 1.46 bits per heavy atom. The van der Waals surface area contributed by atoms with E-state index >= 15 is 0 Å². The van der Waals surface area contributed by atoms with Crippen molar-refractivity contribution in [2.45, 2.75) is 33.2 Å². The van der Waals surface area contributed by atoms with E-state index in [4.69, 9.17) is 11.5 Å². The molecule has 0 aromatic heterocycles. The Balaban J connectivity index is 3.79. The standard InChI is InChI=1S/C9H21N3O/c1-9(2,3)7(11)6-8(13)12-5-4-10/h7H,4-6,10-11H2,1-3H3,(H,12,13). The summed E-state index contributed by atoms with van der Waals surface area (Å²) in [6, 6.07) is -0.106. The lowest BCUT2D eigenvalue weighted by Crippen LogP contribution is -2.41. The number of rotatable bonds is 4. The maximum atomic E-state index is 11.2. The van der Waals surface area contributed by atoms with E-state index in [9.17, 15) is 4.79 Å². The molecule has 1 atom stereocenters. The second kappa shape index (κ2) is 5.19. The summed E-state index contributed by atoms with van der Waals surface area (Å²) < 4.78 is 0. The molecule has 0 fully saturated rings. The van der Waals surface area contributed by atoms with Crippen molar-refractivity contribution in [2.24, 2.45) is 16.9 Å². The molecule has 0 radical (unpaired) electrons. The van der Waals surface area contributed by atoms with Crippen LogP contribution < -0.4 is 16.8 Å². The number of nitrogens with two attached hydrogens (primary N) is 2. The van der Waals surface area contributed by atoms with Crippen molar-refractivity contribution < 1.29 is 4.79 Å². The third-order valence-electron chi connectivity index (χ3n) is 1.98. The van der Waals surface area contributed by atoms with Crippen molar-refractivity contribution in [1.29, 1.82) is 0 Å². The summed E-state index contributed by atoms with van der Waals surface area (Å²) in [5.74, 6) is -0.0205. The SMILES string of the molecule is CC(C)(C)C(N)CC(=O)NCCN. The van der Waals surface area contributed by atoms with E-state index < -0.39 is 0 Å². The largest absolute Gasteiger partial charge is 0.355 e. The van der Waals surface area contributed by atoms with Crippen LogP contribution in [0, 0.1) is 5.41 Å². The summed E-state index contributed by atoms with van der Waals surface area (Å²) in [6.45, 7) is 7.06. The molecule has 0 bridgehead atoms. The topological polar surface area (TPSA) is 81.1 Å². The summed E-state index contributed by atoms with van der Waals surface area (Å²) in [6.07, 6.45) is 0.365. The van der Waals surface area contributed by atoms with Crippen LogP contribution in [0.4, 0.5) is 0 Å². The predicted molar refractivity (Wildman–Crippen MR) is 54.1 cm³/mol. The first kappa shape index (κ1) is 12.4. The van der Waals surface area contributed by atoms with Crippen molar-refractivity contribution in [3.8, 4) is 0 Å². The van der Waals surface area contributed by atoms with Gasteiger partial charge in [0.05, 0.1) is 0 Å². The molecule has 0 aromatic carbocycles. The Morgan fingerprint density at radius 2 is 2.00 bits per heavy atom. The lowest BCUT2D eigenvalue weighted by molar-refractivity contribution is -0.121. The molecule has 0 spiro atoms. The van der Waals surface area contributed by atoms with Gasteiger partial charge in [0, 0.05) is 25.6 Å². The molecule has 0 heterocycles. The third kappa shape index (κ3) is 5.60. The smallest absolute Gasteiger partial charge is 0.221 e. The number of hydrogen-bond donors (Lipinski definition) is 3. The van der Waals surface area contributed by atoms with Crippen LogP contribution in [0.5, 0.6) is 0 Å². The Morgan fingerprint density at radius 3 is 2.38 bits per heavy atom. The van der Waals surface area contributed by atoms with Gasteiger partial charge in [-0.2, -0.15) is 0 Å². The van der Waals surface area contributed by atoms with Gasteiger partial charge in [-0.05, 0) is 5.41 Å². The zero-order valence-corrected chi connectivity index (χ0v) is 8.76. The van der Waals surface area contributed by atoms with E-state index in [2.05, 4.69) is 5.32 Å². The van der Waals surface area contributed by atoms with Gasteiger partial charge in [-0.3, -0.25) is 4.79 Å². The van der Waals surface area contributed by atoms with Crippen molar-refractivity contribution in [1.82, 2.24) is 5.32 Å². The molecule has 13 heavy (non-hydrogen) atoms. The number of hydrogen-bond acceptors (Lipinski definition) is 3. The maximum absolute atomic E-state index is 11.2. The van der Waals surface area contributed by atoms with Gasteiger partial charge in [-0.25, -0.2) is 0 Å². The highest BCUT2D eigenvalue weighted by Crippen LogP contribution is 2.19. The van der Waals surface area contributed by atoms with Crippen molar-refractivity contribution in [2.75, 3.05) is 13.1 Å². The summed E-state index contributed by atoms with van der Waals surface area (Å²) in [4.78, 5) is 11.2. The third-order valence-corrected chi connectivity index (χ3v) is 1.98. The van der Waals surface area contributed by atoms with Gasteiger partial charge < -0.3 is 16.8 Å². The summed E-state index contributed by atoms with van der Waals surface area (Å²) in [5, 5.41) is 2.69. The van der Waals surface area contributed by atoms with Crippen LogP contribution in [0.3, 0.4) is 0 Å². The van der Waals surface area contributed by atoms with Gasteiger partial charge in [-0.15, -0.1) is 0 Å². The van der Waals surface area contributed by atoms with Crippen molar-refractivity contribution in [3.05, 3.63) is 0 Å². The monoisotopic (exact) mass is 187 g/mol. The van der Waals surface area contributed by atoms with E-state index in [1.807, 2.05) is 20.8 Å². The van der Waals surface area contributed by atoms with Crippen LogP contribution in [-0.2, 0) is 4.79 Å². The van der Waals surface area contributed by atoms with Gasteiger partial charge in [0.15, 0.2) is 0 Å². The molecule has 1 amide bonds. The fourth-order valence-corrected chi connectivity index (χ4v) is 0.790. The van der Waals surface area contributed by atoms with Gasteiger partial charge in [0.1, 0.15) is 0 Å². The van der Waals surface area contributed by atoms with Gasteiger partial charge in [0.2, 0.25) is 5.91 Å². The normalized spacial score (nSPS) is 13.9. The van der Waals surface area contributed by atoms with Crippen LogP contribution in [0.25, 0.3) is 0 Å². The number of nitrogens with one attached hydrogen (secondary N) is 1. The lowest BCUT2D eigenvalue weighted by atomic mass is 9.85. The molecule has 0 aromatic rings. The molecule has 1 unspecified atom stereocenters. The van der Waals surface area contributed by atoms with Crippen LogP contribution >= 0.6 is 0 Å². The molecular weight excluding hydrogens is 166 g/mol. The highest BCUT2D eigenvalue weighted by molar-refractivity contribution is 5.76. The van der Waals surface area contributed by atoms with E-state index in [0.29, 0.717) is 19.5 Å². The average molecular weight is 187 g/mol. The quantitative estimate of drug-likeness (QED) is 0.571. The molecule has 0 saturated carbocycles. The summed E-state index contributed by atoms with van der Waals surface area (Å²) in [5.41, 5.74) is 11.1. The number of carbonyl (C=O) groups is 1. The molecule has 0 rings (SSSR count). The molecule has 0 aliphatic carbocycles. The number of amides is 1. The minimum atomic E-state index is -0.106. The Kier molecular flexibility index (Phi) is 4.95. The maximum Gasteiger partial charge on any atom is 0.221 e. The van der Waals surface area contributed by atoms with Crippen molar-refractivity contribution in [3.63, 3.8) is 0 Å². The molecule has 5 N–H and O–H groups in total. The first-order chi connectivity index (χ1) is 5.88. The minimum absolute atomic E-state index is 0.0205. The van der Waals surface area contributed by atoms with Crippen LogP contribution in [0.2, 0.25) is 0 Å². The lowest BCUT2D eigenvalue weighted by Gasteiger charge is -2.26. The zero-order chi connectivity index (χ0) is 10.5. The first-order valence-electron chi connectivity index (χ1n) is 4.60. The van der Waals surface area contributed by atoms with Crippen LogP contribution in [0.1, 0.15) is 27.2 Å². The fourth-order valence-electron chi connectivity index (χ4n) is 0.790. The molecular formula is C9H21N3O. The molecule has 0 saturated heterocycles. The van der Waals surface area contributed by atoms with Crippen LogP contribution in [-0.4, -0.2) is 25.0 Å². The second-order valence-corrected chi connectivity index (χ2v) is 4.32. The van der Waals surface area contributed by atoms with E-state index in [0.717, 1.165) is 0 Å². The highest BCUT2D eigenvalue weighted by atomic mass is 16.1. The van der Waals surface area contributed by atoms with Gasteiger partial charge in [-0.1, -0.05) is 20.8 Å². The fraction of sp³-hybridized carbons (Fsp3) is 0.889. The molecule has 0 aliphatic rings. The zero-order valence-electron chi connectivity index (χ0n) is 8.76. The van der Waals surface area contributed by atoms with Crippen molar-refractivity contribution >= 4 is 5.91 Å². The number of carbonyl (C=O) groups excluding carboxylic acids is 1. The second-order valence-electron chi connectivity index (χ2n) is 4.32. The first-order valence-corrected chi connectivity index (χ1v) is 4.60. The van der Waals surface area contributed by atoms with E-state index in [1.54, 1.807) is 0 Å². The minimum Gasteiger partial charge on any atom is -0.355 e. The average Bonchev–Trinajstić information content (AvgIpc) is 1.99. The molecule has 4 heteroatoms. The molecule has 4 nitrogen and oxygen atoms in total. The molecule has 0 aliphatic heterocycles. The predicted octanol–water partition coefficient (Wildman–Crippen LogP) is -0.175. The Bertz CT molecular complexity index is 163. The molecule has 78 valence electrons. The summed E-state index contributed by atoms with van der Waals surface area (Å²) in [7, 11) is 0. The Labute approximate surface area is 80.0 Å². The van der Waals surface area contributed by atoms with Gasteiger partial charge >= 0.3 is 0 Å². The van der Waals surface area contributed by atoms with E-state index in [-0.39, 0.29) is 17.4 Å². The summed E-state index contributed by atoms with van der Waals surface area (Å²) >= 11 is 0. The van der Waals surface area contributed by atoms with Crippen LogP contribution in [0.15, 0.2) is 0 Å². The highest BCUT2D eigenvalue weighted by Gasteiger charge is 2.22. The van der Waals surface area contributed by atoms with Gasteiger partial charge in [0.25, 0.3) is 0 Å². The van der Waals surface area contributed by atoms with E-state index in [1.165, 1.54) is 0 Å².